The molecule has 1 aliphatic rings. The second kappa shape index (κ2) is 5.89. The third-order valence-electron chi connectivity index (χ3n) is 3.17. The molecule has 0 bridgehead atoms. The van der Waals surface area contributed by atoms with Crippen molar-refractivity contribution in [2.75, 3.05) is 0 Å². The number of alkyl halides is 1. The van der Waals surface area contributed by atoms with Crippen molar-refractivity contribution < 1.29 is 9.18 Å². The molecule has 2 rings (SSSR count). The van der Waals surface area contributed by atoms with Crippen LogP contribution in [0.3, 0.4) is 0 Å². The van der Waals surface area contributed by atoms with Gasteiger partial charge in [-0.2, -0.15) is 0 Å². The number of hydrogen-bond donors (Lipinski definition) is 1. The van der Waals surface area contributed by atoms with Gasteiger partial charge in [-0.25, -0.2) is 4.39 Å². The Morgan fingerprint density at radius 2 is 2.06 bits per heavy atom. The van der Waals surface area contributed by atoms with Crippen LogP contribution < -0.4 is 5.32 Å². The minimum atomic E-state index is -0.877. The Morgan fingerprint density at radius 1 is 1.39 bits per heavy atom. The highest BCUT2D eigenvalue weighted by Gasteiger charge is 2.23. The molecule has 1 aromatic carbocycles. The minimum absolute atomic E-state index is 0.0267. The molecule has 0 radical (unpaired) electrons. The monoisotopic (exact) mass is 289 g/mol. The fourth-order valence-corrected chi connectivity index (χ4v) is 2.48. The smallest absolute Gasteiger partial charge is 0.242 e. The molecule has 98 valence electrons. The maximum atomic E-state index is 13.3. The number of carbonyl (C=O) groups excluding carboxylic acids is 1. The van der Waals surface area contributed by atoms with Crippen LogP contribution in [0.4, 0.5) is 4.39 Å². The van der Waals surface area contributed by atoms with E-state index >= 15 is 0 Å². The summed E-state index contributed by atoms with van der Waals surface area (Å²) in [6.45, 7) is 0. The van der Waals surface area contributed by atoms with Crippen molar-refractivity contribution in [2.45, 2.75) is 37.1 Å². The number of nitrogens with one attached hydrogen (secondary N) is 1. The van der Waals surface area contributed by atoms with Gasteiger partial charge in [0.05, 0.1) is 5.02 Å². The Kier molecular flexibility index (Phi) is 4.46. The number of amides is 1. The van der Waals surface area contributed by atoms with E-state index < -0.39 is 11.2 Å². The molecule has 1 saturated carbocycles. The van der Waals surface area contributed by atoms with Crippen LogP contribution in [0.25, 0.3) is 0 Å². The van der Waals surface area contributed by atoms with Crippen molar-refractivity contribution in [3.8, 4) is 0 Å². The quantitative estimate of drug-likeness (QED) is 0.842. The van der Waals surface area contributed by atoms with Gasteiger partial charge in [0.25, 0.3) is 0 Å². The number of hydrogen-bond acceptors (Lipinski definition) is 1. The lowest BCUT2D eigenvalue weighted by molar-refractivity contribution is -0.121. The van der Waals surface area contributed by atoms with E-state index in [1.807, 2.05) is 0 Å². The summed E-state index contributed by atoms with van der Waals surface area (Å²) in [5, 5.41) is 2.03. The van der Waals surface area contributed by atoms with Crippen molar-refractivity contribution in [2.24, 2.45) is 0 Å². The Balaban J connectivity index is 2.02. The van der Waals surface area contributed by atoms with Crippen molar-refractivity contribution in [3.05, 3.63) is 34.6 Å². The first-order valence-corrected chi connectivity index (χ1v) is 6.79. The summed E-state index contributed by atoms with van der Waals surface area (Å²) in [5.74, 6) is -0.834. The SMILES string of the molecule is O=C(NC1CCCC1)C(Cl)c1ccc(Cl)c(F)c1. The highest BCUT2D eigenvalue weighted by Crippen LogP contribution is 2.26. The third kappa shape index (κ3) is 3.15. The van der Waals surface area contributed by atoms with Gasteiger partial charge >= 0.3 is 0 Å². The molecule has 1 aliphatic carbocycles. The fourth-order valence-electron chi connectivity index (χ4n) is 2.17. The van der Waals surface area contributed by atoms with Crippen molar-refractivity contribution in [1.29, 1.82) is 0 Å². The van der Waals surface area contributed by atoms with Gasteiger partial charge < -0.3 is 5.32 Å². The lowest BCUT2D eigenvalue weighted by Crippen LogP contribution is -2.34. The number of rotatable bonds is 3. The van der Waals surface area contributed by atoms with Crippen LogP contribution in [0.2, 0.25) is 5.02 Å². The Hall–Kier alpha value is -0.800. The summed E-state index contributed by atoms with van der Waals surface area (Å²) in [6, 6.07) is 4.38. The largest absolute Gasteiger partial charge is 0.352 e. The van der Waals surface area contributed by atoms with Crippen LogP contribution in [0, 0.1) is 5.82 Å². The second-order valence-electron chi connectivity index (χ2n) is 4.53. The molecule has 0 heterocycles. The topological polar surface area (TPSA) is 29.1 Å². The van der Waals surface area contributed by atoms with Crippen LogP contribution in [0.1, 0.15) is 36.6 Å². The molecule has 0 aromatic heterocycles. The zero-order valence-corrected chi connectivity index (χ0v) is 11.3. The summed E-state index contributed by atoms with van der Waals surface area (Å²) in [7, 11) is 0. The van der Waals surface area contributed by atoms with E-state index in [1.54, 1.807) is 6.07 Å². The zero-order valence-electron chi connectivity index (χ0n) is 9.76. The molecule has 2 nitrogen and oxygen atoms in total. The Morgan fingerprint density at radius 3 is 2.67 bits per heavy atom. The fraction of sp³-hybridized carbons (Fsp3) is 0.462. The van der Waals surface area contributed by atoms with E-state index in [0.29, 0.717) is 5.56 Å². The minimum Gasteiger partial charge on any atom is -0.352 e. The molecule has 1 atom stereocenters. The predicted molar refractivity (Wildman–Crippen MR) is 70.4 cm³/mol. The van der Waals surface area contributed by atoms with Crippen LogP contribution in [-0.4, -0.2) is 11.9 Å². The van der Waals surface area contributed by atoms with Gasteiger partial charge in [-0.15, -0.1) is 11.6 Å². The first kappa shape index (κ1) is 13.6. The van der Waals surface area contributed by atoms with Gasteiger partial charge in [-0.1, -0.05) is 30.5 Å². The summed E-state index contributed by atoms with van der Waals surface area (Å²) in [5.41, 5.74) is 0.425. The van der Waals surface area contributed by atoms with Crippen molar-refractivity contribution in [3.63, 3.8) is 0 Å². The van der Waals surface area contributed by atoms with E-state index in [-0.39, 0.29) is 17.0 Å². The Labute approximate surface area is 115 Å². The van der Waals surface area contributed by atoms with E-state index in [0.717, 1.165) is 25.7 Å². The maximum absolute atomic E-state index is 13.3. The average molecular weight is 290 g/mol. The molecular formula is C13H14Cl2FNO. The highest BCUT2D eigenvalue weighted by atomic mass is 35.5. The molecule has 0 aliphatic heterocycles. The number of benzene rings is 1. The average Bonchev–Trinajstić information content (AvgIpc) is 2.84. The van der Waals surface area contributed by atoms with E-state index in [4.69, 9.17) is 23.2 Å². The molecule has 1 N–H and O–H groups in total. The van der Waals surface area contributed by atoms with Crippen LogP contribution in [0.5, 0.6) is 0 Å². The van der Waals surface area contributed by atoms with Crippen molar-refractivity contribution in [1.82, 2.24) is 5.32 Å². The molecular weight excluding hydrogens is 276 g/mol. The van der Waals surface area contributed by atoms with Gasteiger partial charge in [0, 0.05) is 6.04 Å². The van der Waals surface area contributed by atoms with Gasteiger partial charge in [0.2, 0.25) is 5.91 Å². The van der Waals surface area contributed by atoms with Crippen LogP contribution >= 0.6 is 23.2 Å². The second-order valence-corrected chi connectivity index (χ2v) is 5.37. The molecule has 1 amide bonds. The molecule has 1 aromatic rings. The molecule has 0 saturated heterocycles. The lowest BCUT2D eigenvalue weighted by atomic mass is 10.1. The van der Waals surface area contributed by atoms with Crippen LogP contribution in [0.15, 0.2) is 18.2 Å². The normalized spacial score (nSPS) is 17.7. The summed E-state index contributed by atoms with van der Waals surface area (Å²) >= 11 is 11.6. The first-order valence-electron chi connectivity index (χ1n) is 5.97. The third-order valence-corrected chi connectivity index (χ3v) is 3.92. The molecule has 1 unspecified atom stereocenters. The maximum Gasteiger partial charge on any atom is 0.242 e. The summed E-state index contributed by atoms with van der Waals surface area (Å²) < 4.78 is 13.3. The molecule has 5 heteroatoms. The van der Waals surface area contributed by atoms with Gasteiger partial charge in [0.1, 0.15) is 11.2 Å². The van der Waals surface area contributed by atoms with Crippen LogP contribution in [-0.2, 0) is 4.79 Å². The predicted octanol–water partition coefficient (Wildman–Crippen LogP) is 3.82. The Bertz CT molecular complexity index is 447. The first-order chi connectivity index (χ1) is 8.58. The van der Waals surface area contributed by atoms with E-state index in [2.05, 4.69) is 5.32 Å². The van der Waals surface area contributed by atoms with Gasteiger partial charge in [0.15, 0.2) is 0 Å². The lowest BCUT2D eigenvalue weighted by Gasteiger charge is -2.15. The molecule has 18 heavy (non-hydrogen) atoms. The highest BCUT2D eigenvalue weighted by molar-refractivity contribution is 6.31. The van der Waals surface area contributed by atoms with Gasteiger partial charge in [-0.05, 0) is 30.5 Å². The van der Waals surface area contributed by atoms with Crippen molar-refractivity contribution >= 4 is 29.1 Å². The molecule has 1 fully saturated rings. The number of halogens is 3. The zero-order chi connectivity index (χ0) is 13.1. The summed E-state index contributed by atoms with van der Waals surface area (Å²) in [4.78, 5) is 11.9. The van der Waals surface area contributed by atoms with E-state index in [1.165, 1.54) is 12.1 Å². The van der Waals surface area contributed by atoms with Gasteiger partial charge in [-0.3, -0.25) is 4.79 Å². The molecule has 0 spiro atoms. The summed E-state index contributed by atoms with van der Waals surface area (Å²) in [6.07, 6.45) is 4.25. The standard InChI is InChI=1S/C13H14Cl2FNO/c14-10-6-5-8(7-11(10)16)12(15)13(18)17-9-3-1-2-4-9/h5-7,9,12H,1-4H2,(H,17,18). The van der Waals surface area contributed by atoms with E-state index in [9.17, 15) is 9.18 Å². The number of carbonyl (C=O) groups is 1.